The summed E-state index contributed by atoms with van der Waals surface area (Å²) >= 11 is 1.60. The second kappa shape index (κ2) is 8.71. The van der Waals surface area contributed by atoms with Gasteiger partial charge < -0.3 is 5.32 Å². The molecule has 28 heavy (non-hydrogen) atoms. The van der Waals surface area contributed by atoms with Crippen molar-refractivity contribution in [2.75, 3.05) is 24.2 Å². The molecule has 0 spiro atoms. The number of thioether (sulfide) groups is 1. The Morgan fingerprint density at radius 2 is 1.93 bits per heavy atom. The van der Waals surface area contributed by atoms with Crippen molar-refractivity contribution < 1.29 is 12.8 Å². The third-order valence-electron chi connectivity index (χ3n) is 5.35. The van der Waals surface area contributed by atoms with Crippen LogP contribution in [0.25, 0.3) is 0 Å². The van der Waals surface area contributed by atoms with Gasteiger partial charge in [-0.1, -0.05) is 0 Å². The molecule has 1 saturated carbocycles. The second-order valence-corrected chi connectivity index (χ2v) is 12.1. The van der Waals surface area contributed by atoms with Crippen LogP contribution in [0, 0.1) is 11.7 Å². The average Bonchev–Trinajstić information content (AvgIpc) is 3.15. The molecule has 1 fully saturated rings. The van der Waals surface area contributed by atoms with E-state index in [4.69, 9.17) is 0 Å². The van der Waals surface area contributed by atoms with E-state index in [0.717, 1.165) is 55.3 Å². The average molecular weight is 428 g/mol. The van der Waals surface area contributed by atoms with Gasteiger partial charge in [-0.25, -0.2) is 17.5 Å². The molecular weight excluding hydrogens is 397 g/mol. The molecule has 0 unspecified atom stereocenters. The smallest absolute Gasteiger partial charge is 0.216 e. The first-order chi connectivity index (χ1) is 13.2. The maximum Gasteiger partial charge on any atom is 0.216 e. The number of nitrogens with zero attached hydrogens (tertiary/aromatic N) is 1. The molecule has 0 saturated heterocycles. The Bertz CT molecular complexity index is 826. The summed E-state index contributed by atoms with van der Waals surface area (Å²) in [6, 6.07) is 5.13. The van der Waals surface area contributed by atoms with E-state index in [2.05, 4.69) is 15.0 Å². The van der Waals surface area contributed by atoms with Crippen molar-refractivity contribution in [1.82, 2.24) is 4.72 Å². The number of halogens is 1. The van der Waals surface area contributed by atoms with Gasteiger partial charge in [0.1, 0.15) is 10.9 Å². The summed E-state index contributed by atoms with van der Waals surface area (Å²) < 4.78 is 40.8. The Balaban J connectivity index is 1.50. The number of rotatable bonds is 6. The first-order valence-electron chi connectivity index (χ1n) is 9.88. The summed E-state index contributed by atoms with van der Waals surface area (Å²) in [5.74, 6) is 1.17. The third-order valence-corrected chi connectivity index (χ3v) is 8.62. The molecule has 0 atom stereocenters. The van der Waals surface area contributed by atoms with Gasteiger partial charge in [0, 0.05) is 36.1 Å². The molecule has 1 aliphatic heterocycles. The zero-order valence-electron chi connectivity index (χ0n) is 16.8. The van der Waals surface area contributed by atoms with Gasteiger partial charge in [0.25, 0.3) is 0 Å². The van der Waals surface area contributed by atoms with Crippen molar-refractivity contribution in [1.29, 1.82) is 0 Å². The summed E-state index contributed by atoms with van der Waals surface area (Å²) in [4.78, 5) is 4.37. The number of sulfonamides is 1. The number of aliphatic imine (C=N–C) groups is 1. The van der Waals surface area contributed by atoms with Crippen LogP contribution in [0.1, 0.15) is 52.0 Å². The fourth-order valence-electron chi connectivity index (χ4n) is 3.44. The number of nitrogens with one attached hydrogen (secondary N) is 2. The predicted octanol–water partition coefficient (Wildman–Crippen LogP) is 4.01. The highest BCUT2D eigenvalue weighted by atomic mass is 32.2. The largest absolute Gasteiger partial charge is 0.385 e. The SMILES string of the molecule is CC(C)(C)S(=O)(=O)NC1CCC(CNc2ccc(F)c(C3=NCCS3)c2)CC1. The molecule has 0 amide bonds. The monoisotopic (exact) mass is 427 g/mol. The van der Waals surface area contributed by atoms with Gasteiger partial charge in [0.15, 0.2) is 0 Å². The van der Waals surface area contributed by atoms with E-state index in [9.17, 15) is 12.8 Å². The summed E-state index contributed by atoms with van der Waals surface area (Å²) in [6.45, 7) is 6.72. The van der Waals surface area contributed by atoms with Crippen molar-refractivity contribution in [2.24, 2.45) is 10.9 Å². The minimum atomic E-state index is -3.30. The topological polar surface area (TPSA) is 70.6 Å². The van der Waals surface area contributed by atoms with Crippen molar-refractivity contribution >= 4 is 32.5 Å². The van der Waals surface area contributed by atoms with Crippen LogP contribution in [0.2, 0.25) is 0 Å². The van der Waals surface area contributed by atoms with Crippen LogP contribution >= 0.6 is 11.8 Å². The number of anilines is 1. The first-order valence-corrected chi connectivity index (χ1v) is 12.4. The maximum absolute atomic E-state index is 14.1. The van der Waals surface area contributed by atoms with E-state index in [-0.39, 0.29) is 11.9 Å². The Morgan fingerprint density at radius 3 is 2.54 bits per heavy atom. The molecule has 0 bridgehead atoms. The van der Waals surface area contributed by atoms with Crippen LogP contribution in [0.3, 0.4) is 0 Å². The highest BCUT2D eigenvalue weighted by Gasteiger charge is 2.32. The van der Waals surface area contributed by atoms with Gasteiger partial charge in [-0.15, -0.1) is 11.8 Å². The molecular formula is C20H30FN3O2S2. The second-order valence-electron chi connectivity index (χ2n) is 8.56. The van der Waals surface area contributed by atoms with Gasteiger partial charge >= 0.3 is 0 Å². The highest BCUT2D eigenvalue weighted by molar-refractivity contribution is 8.14. The zero-order valence-corrected chi connectivity index (χ0v) is 18.4. The van der Waals surface area contributed by atoms with E-state index < -0.39 is 14.8 Å². The molecule has 2 aliphatic rings. The van der Waals surface area contributed by atoms with E-state index >= 15 is 0 Å². The van der Waals surface area contributed by atoms with Crippen LogP contribution in [0.15, 0.2) is 23.2 Å². The van der Waals surface area contributed by atoms with Crippen molar-refractivity contribution in [3.8, 4) is 0 Å². The molecule has 0 radical (unpaired) electrons. The molecule has 1 aliphatic carbocycles. The first kappa shape index (κ1) is 21.6. The summed E-state index contributed by atoms with van der Waals surface area (Å²) in [6.07, 6.45) is 3.65. The van der Waals surface area contributed by atoms with Gasteiger partial charge in [-0.05, 0) is 70.6 Å². The highest BCUT2D eigenvalue weighted by Crippen LogP contribution is 2.28. The summed E-state index contributed by atoms with van der Waals surface area (Å²) in [7, 11) is -3.30. The molecule has 8 heteroatoms. The van der Waals surface area contributed by atoms with E-state index in [0.29, 0.717) is 11.5 Å². The molecule has 156 valence electrons. The van der Waals surface area contributed by atoms with Crippen molar-refractivity contribution in [3.05, 3.63) is 29.6 Å². The lowest BCUT2D eigenvalue weighted by Crippen LogP contribution is -2.46. The molecule has 2 N–H and O–H groups in total. The van der Waals surface area contributed by atoms with Crippen LogP contribution in [-0.4, -0.2) is 43.1 Å². The van der Waals surface area contributed by atoms with Crippen molar-refractivity contribution in [3.63, 3.8) is 0 Å². The number of hydrogen-bond donors (Lipinski definition) is 2. The fraction of sp³-hybridized carbons (Fsp3) is 0.650. The van der Waals surface area contributed by atoms with Crippen LogP contribution in [-0.2, 0) is 10.0 Å². The quantitative estimate of drug-likeness (QED) is 0.720. The van der Waals surface area contributed by atoms with E-state index in [1.54, 1.807) is 38.6 Å². The molecule has 1 heterocycles. The van der Waals surface area contributed by atoms with Gasteiger partial charge in [0.2, 0.25) is 10.0 Å². The number of benzene rings is 1. The standard InChI is InChI=1S/C20H30FN3O2S2/c1-20(2,3)28(25,26)24-15-6-4-14(5-7-15)13-23-16-8-9-18(21)17(12-16)19-22-10-11-27-19/h8-9,12,14-15,23-24H,4-7,10-11,13H2,1-3H3. The molecule has 1 aromatic carbocycles. The van der Waals surface area contributed by atoms with E-state index in [1.807, 2.05) is 6.07 Å². The molecule has 1 aromatic rings. The van der Waals surface area contributed by atoms with Crippen molar-refractivity contribution in [2.45, 2.75) is 57.2 Å². The Hall–Kier alpha value is -1.12. The lowest BCUT2D eigenvalue weighted by molar-refractivity contribution is 0.322. The third kappa shape index (κ3) is 5.27. The van der Waals surface area contributed by atoms with Gasteiger partial charge in [-0.3, -0.25) is 4.99 Å². The fourth-order valence-corrected chi connectivity index (χ4v) is 5.34. The van der Waals surface area contributed by atoms with Crippen LogP contribution < -0.4 is 10.0 Å². The summed E-state index contributed by atoms with van der Waals surface area (Å²) in [5, 5.41) is 4.21. The molecule has 5 nitrogen and oxygen atoms in total. The zero-order chi connectivity index (χ0) is 20.4. The van der Waals surface area contributed by atoms with Gasteiger partial charge in [0.05, 0.1) is 4.75 Å². The Morgan fingerprint density at radius 1 is 1.21 bits per heavy atom. The summed E-state index contributed by atoms with van der Waals surface area (Å²) in [5.41, 5.74) is 1.48. The predicted molar refractivity (Wildman–Crippen MR) is 116 cm³/mol. The van der Waals surface area contributed by atoms with Crippen LogP contribution in [0.5, 0.6) is 0 Å². The minimum Gasteiger partial charge on any atom is -0.385 e. The van der Waals surface area contributed by atoms with Gasteiger partial charge in [-0.2, -0.15) is 0 Å². The molecule has 0 aromatic heterocycles. The normalized spacial score (nSPS) is 23.5. The number of hydrogen-bond acceptors (Lipinski definition) is 5. The lowest BCUT2D eigenvalue weighted by Gasteiger charge is -2.31. The Kier molecular flexibility index (Phi) is 6.72. The molecule has 3 rings (SSSR count). The van der Waals surface area contributed by atoms with Crippen LogP contribution in [0.4, 0.5) is 10.1 Å². The maximum atomic E-state index is 14.1. The van der Waals surface area contributed by atoms with E-state index in [1.165, 1.54) is 6.07 Å². The lowest BCUT2D eigenvalue weighted by atomic mass is 9.86. The Labute approximate surface area is 172 Å². The minimum absolute atomic E-state index is 0.0234.